The van der Waals surface area contributed by atoms with E-state index in [1.165, 1.54) is 173 Å². The molecule has 0 aromatic rings. The van der Waals surface area contributed by atoms with Gasteiger partial charge in [0.1, 0.15) is 19.3 Å². The predicted molar refractivity (Wildman–Crippen MR) is 381 cm³/mol. The van der Waals surface area contributed by atoms with Gasteiger partial charge in [0.2, 0.25) is 0 Å². The lowest BCUT2D eigenvalue weighted by atomic mass is 10.00. The summed E-state index contributed by atoms with van der Waals surface area (Å²) in [6, 6.07) is 0. The number of carbonyl (C=O) groups is 4. The molecule has 19 heteroatoms. The summed E-state index contributed by atoms with van der Waals surface area (Å²) in [5.74, 6) is 0.919. The van der Waals surface area contributed by atoms with Crippen molar-refractivity contribution < 1.29 is 80.2 Å². The fraction of sp³-hybridized carbons (Fsp3) is 0.947. The number of ether oxygens (including phenoxy) is 4. The summed E-state index contributed by atoms with van der Waals surface area (Å²) in [6.45, 7) is 14.2. The van der Waals surface area contributed by atoms with Crippen LogP contribution in [0, 0.1) is 23.7 Å². The minimum absolute atomic E-state index is 0.105. The van der Waals surface area contributed by atoms with Gasteiger partial charge in [-0.15, -0.1) is 0 Å². The first kappa shape index (κ1) is 92.1. The summed E-state index contributed by atoms with van der Waals surface area (Å²) < 4.78 is 68.5. The zero-order valence-corrected chi connectivity index (χ0v) is 63.4. The van der Waals surface area contributed by atoms with Crippen molar-refractivity contribution in [3.05, 3.63) is 0 Å². The Morgan fingerprint density at radius 1 is 0.298 bits per heavy atom. The van der Waals surface area contributed by atoms with Crippen molar-refractivity contribution in [2.45, 2.75) is 395 Å². The van der Waals surface area contributed by atoms with E-state index in [2.05, 4.69) is 55.4 Å². The van der Waals surface area contributed by atoms with Gasteiger partial charge in [-0.3, -0.25) is 37.3 Å². The number of phosphoric ester groups is 2. The number of carbonyl (C=O) groups excluding carboxylic acids is 4. The summed E-state index contributed by atoms with van der Waals surface area (Å²) in [5.41, 5.74) is 0. The molecular weight excluding hydrogens is 1230 g/mol. The van der Waals surface area contributed by atoms with Crippen LogP contribution in [0.4, 0.5) is 0 Å². The monoisotopic (exact) mass is 1380 g/mol. The Labute approximate surface area is 575 Å². The van der Waals surface area contributed by atoms with Crippen molar-refractivity contribution in [3.63, 3.8) is 0 Å². The maximum absolute atomic E-state index is 13.1. The third-order valence-electron chi connectivity index (χ3n) is 17.7. The number of hydrogen-bond donors (Lipinski definition) is 3. The van der Waals surface area contributed by atoms with Crippen molar-refractivity contribution in [2.75, 3.05) is 39.6 Å². The molecule has 3 unspecified atom stereocenters. The van der Waals surface area contributed by atoms with Crippen LogP contribution < -0.4 is 0 Å². The molecule has 6 atom stereocenters. The maximum Gasteiger partial charge on any atom is 0.472 e. The van der Waals surface area contributed by atoms with Crippen molar-refractivity contribution in [1.29, 1.82) is 0 Å². The summed E-state index contributed by atoms with van der Waals surface area (Å²) in [6.07, 6.45) is 48.6. The van der Waals surface area contributed by atoms with Gasteiger partial charge in [-0.1, -0.05) is 325 Å². The molecule has 0 spiro atoms. The van der Waals surface area contributed by atoms with E-state index < -0.39 is 97.5 Å². The normalized spacial score (nSPS) is 14.4. The van der Waals surface area contributed by atoms with E-state index in [9.17, 15) is 43.2 Å². The van der Waals surface area contributed by atoms with Crippen LogP contribution in [-0.2, 0) is 65.4 Å². The van der Waals surface area contributed by atoms with Crippen molar-refractivity contribution in [2.24, 2.45) is 23.7 Å². The fourth-order valence-electron chi connectivity index (χ4n) is 11.3. The molecule has 0 fully saturated rings. The Morgan fingerprint density at radius 2 is 0.511 bits per heavy atom. The van der Waals surface area contributed by atoms with Crippen LogP contribution in [0.2, 0.25) is 0 Å². The van der Waals surface area contributed by atoms with Gasteiger partial charge in [-0.2, -0.15) is 0 Å². The molecule has 0 rings (SSSR count). The SMILES string of the molecule is CCC(C)CCCCCCCCC(=O)OC[C@H](COP(=O)(O)OC[C@H](O)COP(=O)(O)OC[C@@H](COC(=O)CCCCCCCCCCCC(C)C)OC(=O)CCCCCCCCCCCCCCCCCC(C)C)OC(=O)CCCCCCCCCCCCCC(C)C. The van der Waals surface area contributed by atoms with Gasteiger partial charge in [-0.05, 0) is 49.4 Å². The number of aliphatic hydroxyl groups is 1. The Bertz CT molecular complexity index is 1850. The van der Waals surface area contributed by atoms with Crippen molar-refractivity contribution in [3.8, 4) is 0 Å². The molecule has 0 amide bonds. The molecule has 0 bridgehead atoms. The second-order valence-electron chi connectivity index (χ2n) is 28.7. The lowest BCUT2D eigenvalue weighted by Gasteiger charge is -2.21. The van der Waals surface area contributed by atoms with E-state index in [1.807, 2.05) is 0 Å². The Balaban J connectivity index is 5.24. The third-order valence-corrected chi connectivity index (χ3v) is 19.6. The molecule has 0 aliphatic rings. The quantitative estimate of drug-likeness (QED) is 0.0222. The maximum atomic E-state index is 13.1. The van der Waals surface area contributed by atoms with Crippen molar-refractivity contribution >= 4 is 39.5 Å². The van der Waals surface area contributed by atoms with Gasteiger partial charge < -0.3 is 33.8 Å². The second-order valence-corrected chi connectivity index (χ2v) is 31.6. The first-order valence-corrected chi connectivity index (χ1v) is 41.7. The molecule has 558 valence electrons. The lowest BCUT2D eigenvalue weighted by Crippen LogP contribution is -2.30. The highest BCUT2D eigenvalue weighted by Crippen LogP contribution is 2.45. The molecule has 0 saturated carbocycles. The molecule has 0 aliphatic heterocycles. The number of rotatable bonds is 72. The molecule has 0 heterocycles. The molecular formula is C75H146O17P2. The van der Waals surface area contributed by atoms with Crippen LogP contribution in [0.3, 0.4) is 0 Å². The van der Waals surface area contributed by atoms with Crippen LogP contribution in [0.25, 0.3) is 0 Å². The summed E-state index contributed by atoms with van der Waals surface area (Å²) in [4.78, 5) is 72.8. The Morgan fingerprint density at radius 3 is 0.755 bits per heavy atom. The predicted octanol–water partition coefficient (Wildman–Crippen LogP) is 21.7. The van der Waals surface area contributed by atoms with E-state index in [-0.39, 0.29) is 25.7 Å². The zero-order valence-electron chi connectivity index (χ0n) is 61.6. The lowest BCUT2D eigenvalue weighted by molar-refractivity contribution is -0.161. The number of esters is 4. The largest absolute Gasteiger partial charge is 0.472 e. The molecule has 0 radical (unpaired) electrons. The minimum atomic E-state index is -4.96. The molecule has 3 N–H and O–H groups in total. The molecule has 0 aromatic heterocycles. The topological polar surface area (TPSA) is 237 Å². The number of hydrogen-bond acceptors (Lipinski definition) is 15. The number of phosphoric acid groups is 2. The van der Waals surface area contributed by atoms with Gasteiger partial charge in [0.05, 0.1) is 26.4 Å². The second kappa shape index (κ2) is 64.4. The molecule has 17 nitrogen and oxygen atoms in total. The highest BCUT2D eigenvalue weighted by Gasteiger charge is 2.30. The van der Waals surface area contributed by atoms with Crippen LogP contribution in [-0.4, -0.2) is 96.7 Å². The molecule has 0 aromatic carbocycles. The van der Waals surface area contributed by atoms with Crippen LogP contribution in [0.1, 0.15) is 376 Å². The average molecular weight is 1380 g/mol. The molecule has 0 saturated heterocycles. The summed E-state index contributed by atoms with van der Waals surface area (Å²) in [5, 5.41) is 10.6. The Kier molecular flexibility index (Phi) is 63.1. The van der Waals surface area contributed by atoms with Gasteiger partial charge in [0.15, 0.2) is 12.2 Å². The van der Waals surface area contributed by atoms with E-state index in [0.717, 1.165) is 120 Å². The van der Waals surface area contributed by atoms with Crippen LogP contribution in [0.15, 0.2) is 0 Å². The van der Waals surface area contributed by atoms with E-state index in [0.29, 0.717) is 25.7 Å². The van der Waals surface area contributed by atoms with Gasteiger partial charge >= 0.3 is 39.5 Å². The average Bonchev–Trinajstić information content (AvgIpc) is 1.21. The van der Waals surface area contributed by atoms with Gasteiger partial charge in [-0.25, -0.2) is 9.13 Å². The van der Waals surface area contributed by atoms with E-state index >= 15 is 0 Å². The van der Waals surface area contributed by atoms with Crippen molar-refractivity contribution in [1.82, 2.24) is 0 Å². The zero-order chi connectivity index (χ0) is 69.6. The summed E-state index contributed by atoms with van der Waals surface area (Å²) in [7, 11) is -9.91. The fourth-order valence-corrected chi connectivity index (χ4v) is 12.9. The highest BCUT2D eigenvalue weighted by atomic mass is 31.2. The first-order chi connectivity index (χ1) is 45.1. The number of unbranched alkanes of at least 4 members (excludes halogenated alkanes) is 37. The standard InChI is InChI=1S/C75H146O17P2/c1-9-68(8)54-46-38-33-34-40-48-56-73(78)86-62-71(92-75(80)58-50-42-32-25-19-15-17-22-28-36-44-52-66(4)5)64-90-94(83,84)88-60-69(76)59-87-93(81,82)89-63-70(61-85-72(77)55-47-39-30-26-20-23-29-37-45-53-67(6)7)91-74(79)57-49-41-31-24-18-14-12-10-11-13-16-21-27-35-43-51-65(2)3/h65-71,76H,9-64H2,1-8H3,(H,81,82)(H,83,84)/t68?,69-,70-,71-/m1/s1. The molecule has 0 aliphatic carbocycles. The van der Waals surface area contributed by atoms with Gasteiger partial charge in [0, 0.05) is 25.7 Å². The van der Waals surface area contributed by atoms with Crippen LogP contribution in [0.5, 0.6) is 0 Å². The van der Waals surface area contributed by atoms with Crippen LogP contribution >= 0.6 is 15.6 Å². The molecule has 94 heavy (non-hydrogen) atoms. The van der Waals surface area contributed by atoms with E-state index in [1.54, 1.807) is 0 Å². The van der Waals surface area contributed by atoms with Gasteiger partial charge in [0.25, 0.3) is 0 Å². The third kappa shape index (κ3) is 67.3. The minimum Gasteiger partial charge on any atom is -0.462 e. The highest BCUT2D eigenvalue weighted by molar-refractivity contribution is 7.47. The smallest absolute Gasteiger partial charge is 0.462 e. The summed E-state index contributed by atoms with van der Waals surface area (Å²) >= 11 is 0. The number of aliphatic hydroxyl groups excluding tert-OH is 1. The van der Waals surface area contributed by atoms with E-state index in [4.69, 9.17) is 37.0 Å². The Hall–Kier alpha value is -1.94. The first-order valence-electron chi connectivity index (χ1n) is 38.7.